The number of ether oxygens (including phenoxy) is 1. The van der Waals surface area contributed by atoms with E-state index in [2.05, 4.69) is 5.16 Å². The monoisotopic (exact) mass is 545 g/mol. The molecule has 0 amide bonds. The number of nitrogens with zero attached hydrogens (tertiary/aromatic N) is 1. The minimum absolute atomic E-state index is 0.131. The van der Waals surface area contributed by atoms with Crippen LogP contribution in [0, 0.1) is 0 Å². The van der Waals surface area contributed by atoms with E-state index in [0.29, 0.717) is 17.0 Å². The molecule has 198 valence electrons. The average Bonchev–Trinajstić information content (AvgIpc) is 3.41. The Labute approximate surface area is 234 Å². The van der Waals surface area contributed by atoms with E-state index in [0.717, 1.165) is 16.7 Å². The van der Waals surface area contributed by atoms with Gasteiger partial charge < -0.3 is 9.57 Å². The maximum atomic E-state index is 15.2. The minimum Gasteiger partial charge on any atom is -0.497 e. The highest BCUT2D eigenvalue weighted by Crippen LogP contribution is 2.60. The summed E-state index contributed by atoms with van der Waals surface area (Å²) in [5, 5.41) is 4.68. The van der Waals surface area contributed by atoms with Gasteiger partial charge in [0.05, 0.1) is 12.0 Å². The first kappa shape index (κ1) is 25.6. The zero-order valence-corrected chi connectivity index (χ0v) is 22.7. The van der Waals surface area contributed by atoms with Gasteiger partial charge in [0.1, 0.15) is 16.9 Å². The van der Waals surface area contributed by atoms with Crippen molar-refractivity contribution in [2.75, 3.05) is 7.11 Å². The molecule has 5 aromatic rings. The Bertz CT molecular complexity index is 1700. The van der Waals surface area contributed by atoms with E-state index in [-0.39, 0.29) is 4.90 Å². The van der Waals surface area contributed by atoms with Crippen molar-refractivity contribution in [2.24, 2.45) is 5.16 Å². The van der Waals surface area contributed by atoms with Crippen LogP contribution in [0.15, 0.2) is 156 Å². The molecular formula is C34H27NO4S. The van der Waals surface area contributed by atoms with Gasteiger partial charge in [0.2, 0.25) is 9.84 Å². The number of rotatable bonds is 7. The van der Waals surface area contributed by atoms with Gasteiger partial charge in [0.25, 0.3) is 4.93 Å². The Morgan fingerprint density at radius 3 is 1.57 bits per heavy atom. The van der Waals surface area contributed by atoms with E-state index in [1.807, 2.05) is 91.0 Å². The summed E-state index contributed by atoms with van der Waals surface area (Å²) in [7, 11) is -2.72. The molecule has 0 spiro atoms. The second kappa shape index (κ2) is 10.1. The number of sulfone groups is 1. The molecule has 0 bridgehead atoms. The molecule has 0 saturated carbocycles. The van der Waals surface area contributed by atoms with Gasteiger partial charge in [-0.1, -0.05) is 126 Å². The van der Waals surface area contributed by atoms with Crippen LogP contribution in [0.1, 0.15) is 22.3 Å². The van der Waals surface area contributed by atoms with Gasteiger partial charge in [-0.25, -0.2) is 8.42 Å². The van der Waals surface area contributed by atoms with Crippen molar-refractivity contribution < 1.29 is 18.0 Å². The molecule has 1 aliphatic rings. The van der Waals surface area contributed by atoms with Gasteiger partial charge in [0, 0.05) is 11.1 Å². The number of hydrogen-bond acceptors (Lipinski definition) is 5. The summed E-state index contributed by atoms with van der Waals surface area (Å²) in [5.74, 6) is 0.600. The molecule has 6 rings (SSSR count). The van der Waals surface area contributed by atoms with Crippen LogP contribution in [0.5, 0.6) is 5.75 Å². The summed E-state index contributed by atoms with van der Waals surface area (Å²) < 4.78 is 35.9. The van der Waals surface area contributed by atoms with Crippen molar-refractivity contribution in [3.63, 3.8) is 0 Å². The average molecular weight is 546 g/mol. The van der Waals surface area contributed by atoms with Crippen LogP contribution >= 0.6 is 0 Å². The lowest BCUT2D eigenvalue weighted by Crippen LogP contribution is -2.57. The van der Waals surface area contributed by atoms with Crippen LogP contribution in [0.3, 0.4) is 0 Å². The topological polar surface area (TPSA) is 65.0 Å². The fourth-order valence-corrected chi connectivity index (χ4v) is 7.88. The van der Waals surface area contributed by atoms with Crippen molar-refractivity contribution in [1.82, 2.24) is 0 Å². The van der Waals surface area contributed by atoms with Crippen molar-refractivity contribution in [1.29, 1.82) is 0 Å². The molecule has 1 atom stereocenters. The van der Waals surface area contributed by atoms with Crippen molar-refractivity contribution in [2.45, 2.75) is 15.2 Å². The Hall–Kier alpha value is -4.68. The Morgan fingerprint density at radius 2 is 1.07 bits per heavy atom. The van der Waals surface area contributed by atoms with E-state index >= 15 is 8.42 Å². The highest BCUT2D eigenvalue weighted by molar-refractivity contribution is 7.92. The predicted octanol–water partition coefficient (Wildman–Crippen LogP) is 6.74. The molecule has 0 aliphatic carbocycles. The lowest BCUT2D eigenvalue weighted by atomic mass is 9.64. The van der Waals surface area contributed by atoms with Gasteiger partial charge in [-0.2, -0.15) is 0 Å². The molecule has 40 heavy (non-hydrogen) atoms. The normalized spacial score (nSPS) is 18.0. The van der Waals surface area contributed by atoms with E-state index in [4.69, 9.17) is 9.57 Å². The summed E-state index contributed by atoms with van der Waals surface area (Å²) in [6, 6.07) is 44.3. The molecule has 1 heterocycles. The number of methoxy groups -OCH3 is 1. The number of oxime groups is 1. The first-order valence-corrected chi connectivity index (χ1v) is 14.4. The van der Waals surface area contributed by atoms with Gasteiger partial charge in [-0.05, 0) is 35.4 Å². The zero-order chi connectivity index (χ0) is 27.6. The second-order valence-corrected chi connectivity index (χ2v) is 11.6. The van der Waals surface area contributed by atoms with E-state index < -0.39 is 20.2 Å². The smallest absolute Gasteiger partial charge is 0.285 e. The molecule has 1 aliphatic heterocycles. The van der Waals surface area contributed by atoms with Crippen molar-refractivity contribution in [3.05, 3.63) is 168 Å². The maximum absolute atomic E-state index is 15.2. The first-order valence-electron chi connectivity index (χ1n) is 12.9. The summed E-state index contributed by atoms with van der Waals surface area (Å²) in [6.45, 7) is 0. The fourth-order valence-electron chi connectivity index (χ4n) is 5.72. The van der Waals surface area contributed by atoms with Gasteiger partial charge in [-0.15, -0.1) is 0 Å². The standard InChI is InChI=1S/C34H27NO4S/c1-38-30-24-22-29(23-25-30)34(40(36,37)31-20-12-5-13-21-31)33(27-16-8-3-9-17-27,28-18-10-4-11-19-28)32(35-39-34)26-14-6-2-7-15-26/h2-25H,1H3. The summed E-state index contributed by atoms with van der Waals surface area (Å²) in [4.78, 5) is 4.59. The molecule has 0 radical (unpaired) electrons. The van der Waals surface area contributed by atoms with Crippen LogP contribution in [-0.4, -0.2) is 21.2 Å². The molecule has 6 heteroatoms. The Balaban J connectivity index is 1.82. The molecule has 0 saturated heterocycles. The van der Waals surface area contributed by atoms with Crippen LogP contribution in [0.2, 0.25) is 0 Å². The van der Waals surface area contributed by atoms with Crippen LogP contribution in [0.4, 0.5) is 0 Å². The quantitative estimate of drug-likeness (QED) is 0.227. The largest absolute Gasteiger partial charge is 0.497 e. The van der Waals surface area contributed by atoms with Crippen molar-refractivity contribution in [3.8, 4) is 5.75 Å². The summed E-state index contributed by atoms with van der Waals surface area (Å²) in [6.07, 6.45) is 0. The fraction of sp³-hybridized carbons (Fsp3) is 0.0882. The summed E-state index contributed by atoms with van der Waals surface area (Å²) in [5.41, 5.74) is 1.75. The maximum Gasteiger partial charge on any atom is 0.285 e. The lowest BCUT2D eigenvalue weighted by Gasteiger charge is -2.44. The minimum atomic E-state index is -4.30. The third kappa shape index (κ3) is 3.67. The lowest BCUT2D eigenvalue weighted by molar-refractivity contribution is 0.0169. The third-order valence-corrected chi connectivity index (χ3v) is 9.74. The van der Waals surface area contributed by atoms with Crippen LogP contribution in [-0.2, 0) is 25.0 Å². The van der Waals surface area contributed by atoms with Gasteiger partial charge in [0.15, 0.2) is 0 Å². The molecule has 0 fully saturated rings. The molecule has 5 nitrogen and oxygen atoms in total. The number of hydrogen-bond donors (Lipinski definition) is 0. The first-order chi connectivity index (χ1) is 19.6. The third-order valence-electron chi connectivity index (χ3n) is 7.48. The van der Waals surface area contributed by atoms with Gasteiger partial charge in [-0.3, -0.25) is 0 Å². The van der Waals surface area contributed by atoms with E-state index in [1.165, 1.54) is 0 Å². The molecule has 5 aromatic carbocycles. The van der Waals surface area contributed by atoms with E-state index in [1.54, 1.807) is 61.7 Å². The van der Waals surface area contributed by atoms with Crippen LogP contribution in [0.25, 0.3) is 0 Å². The predicted molar refractivity (Wildman–Crippen MR) is 156 cm³/mol. The molecule has 1 unspecified atom stereocenters. The second-order valence-electron chi connectivity index (χ2n) is 9.54. The highest BCUT2D eigenvalue weighted by atomic mass is 32.2. The van der Waals surface area contributed by atoms with Crippen molar-refractivity contribution >= 4 is 15.5 Å². The number of benzene rings is 5. The SMILES string of the molecule is COc1ccc(C2(S(=O)(=O)c3ccccc3)ON=C(c3ccccc3)C2(c2ccccc2)c2ccccc2)cc1. The van der Waals surface area contributed by atoms with E-state index in [9.17, 15) is 0 Å². The Morgan fingerprint density at radius 1 is 0.600 bits per heavy atom. The zero-order valence-electron chi connectivity index (χ0n) is 21.8. The highest BCUT2D eigenvalue weighted by Gasteiger charge is 2.71. The molecule has 0 N–H and O–H groups in total. The molecular weight excluding hydrogens is 518 g/mol. The molecule has 0 aromatic heterocycles. The Kier molecular flexibility index (Phi) is 6.48. The van der Waals surface area contributed by atoms with Gasteiger partial charge >= 0.3 is 0 Å². The van der Waals surface area contributed by atoms with Crippen LogP contribution < -0.4 is 4.74 Å². The summed E-state index contributed by atoms with van der Waals surface area (Å²) >= 11 is 0.